The summed E-state index contributed by atoms with van der Waals surface area (Å²) in [4.78, 5) is 11.8. The molecule has 1 aromatic carbocycles. The number of benzene rings is 1. The normalized spacial score (nSPS) is 15.5. The van der Waals surface area contributed by atoms with E-state index < -0.39 is 0 Å². The fourth-order valence-electron chi connectivity index (χ4n) is 2.60. The number of nitrogens with one attached hydrogen (secondary N) is 1. The predicted molar refractivity (Wildman–Crippen MR) is 71.6 cm³/mol. The maximum Gasteiger partial charge on any atom is 0.223 e. The second-order valence-corrected chi connectivity index (χ2v) is 4.98. The third-order valence-electron chi connectivity index (χ3n) is 3.66. The maximum absolute atomic E-state index is 13.2. The predicted octanol–water partition coefficient (Wildman–Crippen LogP) is 2.68. The Balaban J connectivity index is 1.84. The largest absolute Gasteiger partial charge is 0.496 e. The van der Waals surface area contributed by atoms with Crippen molar-refractivity contribution in [2.75, 3.05) is 13.7 Å². The molecule has 0 radical (unpaired) electrons. The van der Waals surface area contributed by atoms with E-state index in [-0.39, 0.29) is 17.6 Å². The molecule has 2 rings (SSSR count). The number of rotatable bonds is 5. The lowest BCUT2D eigenvalue weighted by Crippen LogP contribution is -2.31. The lowest BCUT2D eigenvalue weighted by Gasteiger charge is -2.12. The second kappa shape index (κ2) is 6.55. The van der Waals surface area contributed by atoms with Gasteiger partial charge in [0.25, 0.3) is 0 Å². The van der Waals surface area contributed by atoms with Crippen LogP contribution in [0.2, 0.25) is 0 Å². The molecule has 1 N–H and O–H groups in total. The zero-order valence-corrected chi connectivity index (χ0v) is 11.2. The van der Waals surface area contributed by atoms with Crippen LogP contribution in [0.25, 0.3) is 0 Å². The molecule has 1 amide bonds. The summed E-state index contributed by atoms with van der Waals surface area (Å²) in [5, 5.41) is 2.93. The van der Waals surface area contributed by atoms with E-state index in [4.69, 9.17) is 4.74 Å². The summed E-state index contributed by atoms with van der Waals surface area (Å²) < 4.78 is 18.4. The van der Waals surface area contributed by atoms with Crippen LogP contribution >= 0.6 is 0 Å². The Bertz CT molecular complexity index is 442. The van der Waals surface area contributed by atoms with Crippen molar-refractivity contribution in [3.05, 3.63) is 29.6 Å². The smallest absolute Gasteiger partial charge is 0.223 e. The first kappa shape index (κ1) is 13.8. The van der Waals surface area contributed by atoms with Crippen LogP contribution < -0.4 is 10.1 Å². The number of halogens is 1. The molecule has 1 aliphatic carbocycles. The van der Waals surface area contributed by atoms with E-state index in [0.29, 0.717) is 18.7 Å². The zero-order chi connectivity index (χ0) is 13.7. The van der Waals surface area contributed by atoms with Crippen LogP contribution in [0.5, 0.6) is 5.75 Å². The minimum Gasteiger partial charge on any atom is -0.496 e. The summed E-state index contributed by atoms with van der Waals surface area (Å²) >= 11 is 0. The Morgan fingerprint density at radius 2 is 2.16 bits per heavy atom. The van der Waals surface area contributed by atoms with Crippen LogP contribution in [0.15, 0.2) is 18.2 Å². The Kier molecular flexibility index (Phi) is 4.77. The van der Waals surface area contributed by atoms with Crippen molar-refractivity contribution in [2.24, 2.45) is 5.92 Å². The number of carbonyl (C=O) groups excluding carboxylic acids is 1. The number of hydrogen-bond donors (Lipinski definition) is 1. The van der Waals surface area contributed by atoms with Gasteiger partial charge in [-0.1, -0.05) is 12.8 Å². The highest BCUT2D eigenvalue weighted by Gasteiger charge is 2.22. The van der Waals surface area contributed by atoms with Gasteiger partial charge < -0.3 is 10.1 Å². The first-order chi connectivity index (χ1) is 9.20. The van der Waals surface area contributed by atoms with Crippen LogP contribution in [0.3, 0.4) is 0 Å². The summed E-state index contributed by atoms with van der Waals surface area (Å²) in [5.74, 6) is 0.691. The van der Waals surface area contributed by atoms with Gasteiger partial charge in [0.15, 0.2) is 0 Å². The van der Waals surface area contributed by atoms with E-state index in [1.54, 1.807) is 13.2 Å². The Morgan fingerprint density at radius 3 is 2.84 bits per heavy atom. The molecule has 0 atom stereocenters. The van der Waals surface area contributed by atoms with E-state index in [0.717, 1.165) is 31.2 Å². The molecule has 0 bridgehead atoms. The number of amides is 1. The molecule has 19 heavy (non-hydrogen) atoms. The van der Waals surface area contributed by atoms with Crippen molar-refractivity contribution in [1.29, 1.82) is 0 Å². The quantitative estimate of drug-likeness (QED) is 0.889. The first-order valence-corrected chi connectivity index (χ1v) is 6.81. The highest BCUT2D eigenvalue weighted by atomic mass is 19.1. The number of carbonyl (C=O) groups is 1. The topological polar surface area (TPSA) is 38.3 Å². The van der Waals surface area contributed by atoms with Gasteiger partial charge in [0.05, 0.1) is 7.11 Å². The van der Waals surface area contributed by atoms with Gasteiger partial charge in [-0.2, -0.15) is 0 Å². The third kappa shape index (κ3) is 3.69. The second-order valence-electron chi connectivity index (χ2n) is 4.98. The van der Waals surface area contributed by atoms with Crippen molar-refractivity contribution < 1.29 is 13.9 Å². The van der Waals surface area contributed by atoms with Gasteiger partial charge in [0.2, 0.25) is 5.91 Å². The van der Waals surface area contributed by atoms with Crippen molar-refractivity contribution in [3.63, 3.8) is 0 Å². The van der Waals surface area contributed by atoms with Crippen molar-refractivity contribution in [1.82, 2.24) is 5.32 Å². The van der Waals surface area contributed by atoms with Crippen LogP contribution in [0, 0.1) is 11.7 Å². The average Bonchev–Trinajstić information content (AvgIpc) is 2.93. The lowest BCUT2D eigenvalue weighted by molar-refractivity contribution is -0.124. The summed E-state index contributed by atoms with van der Waals surface area (Å²) in [5.41, 5.74) is 0.786. The summed E-state index contributed by atoms with van der Waals surface area (Å²) in [6.07, 6.45) is 4.87. The molecule has 1 aromatic rings. The molecule has 1 fully saturated rings. The Morgan fingerprint density at radius 1 is 1.42 bits per heavy atom. The molecule has 0 heterocycles. The maximum atomic E-state index is 13.2. The lowest BCUT2D eigenvalue weighted by atomic mass is 10.1. The fourth-order valence-corrected chi connectivity index (χ4v) is 2.60. The van der Waals surface area contributed by atoms with Crippen LogP contribution in [0.1, 0.15) is 31.2 Å². The van der Waals surface area contributed by atoms with Crippen LogP contribution in [-0.4, -0.2) is 19.6 Å². The molecule has 0 unspecified atom stereocenters. The van der Waals surface area contributed by atoms with E-state index in [1.807, 2.05) is 0 Å². The molecule has 1 saturated carbocycles. The van der Waals surface area contributed by atoms with Crippen LogP contribution in [-0.2, 0) is 11.2 Å². The first-order valence-electron chi connectivity index (χ1n) is 6.81. The molecular formula is C15H20FNO2. The molecule has 0 saturated heterocycles. The number of ether oxygens (including phenoxy) is 1. The van der Waals surface area contributed by atoms with Crippen molar-refractivity contribution >= 4 is 5.91 Å². The minimum absolute atomic E-state index is 0.132. The summed E-state index contributed by atoms with van der Waals surface area (Å²) in [6, 6.07) is 4.45. The summed E-state index contributed by atoms with van der Waals surface area (Å²) in [6.45, 7) is 0.523. The zero-order valence-electron chi connectivity index (χ0n) is 11.2. The third-order valence-corrected chi connectivity index (χ3v) is 3.66. The molecule has 0 spiro atoms. The van der Waals surface area contributed by atoms with E-state index in [2.05, 4.69) is 5.32 Å². The SMILES string of the molecule is COc1ccc(F)cc1CCNC(=O)C1CCCC1. The van der Waals surface area contributed by atoms with Crippen molar-refractivity contribution in [2.45, 2.75) is 32.1 Å². The van der Waals surface area contributed by atoms with Gasteiger partial charge in [-0.25, -0.2) is 4.39 Å². The average molecular weight is 265 g/mol. The van der Waals surface area contributed by atoms with Gasteiger partial charge in [0, 0.05) is 12.5 Å². The number of methoxy groups -OCH3 is 1. The molecule has 0 aliphatic heterocycles. The Hall–Kier alpha value is -1.58. The van der Waals surface area contributed by atoms with E-state index in [9.17, 15) is 9.18 Å². The monoisotopic (exact) mass is 265 g/mol. The van der Waals surface area contributed by atoms with Gasteiger partial charge in [-0.3, -0.25) is 4.79 Å². The van der Waals surface area contributed by atoms with E-state index >= 15 is 0 Å². The Labute approximate surface area is 113 Å². The van der Waals surface area contributed by atoms with Gasteiger partial charge in [0.1, 0.15) is 11.6 Å². The van der Waals surface area contributed by atoms with Gasteiger partial charge in [-0.15, -0.1) is 0 Å². The molecule has 104 valence electrons. The minimum atomic E-state index is -0.280. The van der Waals surface area contributed by atoms with Crippen LogP contribution in [0.4, 0.5) is 4.39 Å². The highest BCUT2D eigenvalue weighted by molar-refractivity contribution is 5.78. The molecular weight excluding hydrogens is 245 g/mol. The van der Waals surface area contributed by atoms with E-state index in [1.165, 1.54) is 12.1 Å². The highest BCUT2D eigenvalue weighted by Crippen LogP contribution is 2.24. The van der Waals surface area contributed by atoms with Gasteiger partial charge >= 0.3 is 0 Å². The van der Waals surface area contributed by atoms with Gasteiger partial charge in [-0.05, 0) is 43.0 Å². The standard InChI is InChI=1S/C15H20FNO2/c1-19-14-7-6-13(16)10-12(14)8-9-17-15(18)11-4-2-3-5-11/h6-7,10-11H,2-5,8-9H2,1H3,(H,17,18). The fraction of sp³-hybridized carbons (Fsp3) is 0.533. The number of hydrogen-bond acceptors (Lipinski definition) is 2. The molecule has 4 heteroatoms. The molecule has 1 aliphatic rings. The van der Waals surface area contributed by atoms with Crippen molar-refractivity contribution in [3.8, 4) is 5.75 Å². The molecule has 0 aromatic heterocycles. The molecule has 3 nitrogen and oxygen atoms in total. The summed E-state index contributed by atoms with van der Waals surface area (Å²) in [7, 11) is 1.56.